The molecule has 0 N–H and O–H groups in total. The molecule has 0 aromatic heterocycles. The molecule has 0 radical (unpaired) electrons. The van der Waals surface area contributed by atoms with Crippen molar-refractivity contribution in [2.75, 3.05) is 18.0 Å². The number of hydrogen-bond donors (Lipinski definition) is 0. The van der Waals surface area contributed by atoms with E-state index in [0.29, 0.717) is 11.3 Å². The second-order valence-corrected chi connectivity index (χ2v) is 4.82. The van der Waals surface area contributed by atoms with Gasteiger partial charge < -0.3 is 4.90 Å². The molecule has 0 unspecified atom stereocenters. The number of nitrogens with zero attached hydrogens (tertiary/aromatic N) is 1. The largest absolute Gasteiger partial charge is 0.416 e. The van der Waals surface area contributed by atoms with Crippen LogP contribution in [0, 0.1) is 0 Å². The highest BCUT2D eigenvalue weighted by Gasteiger charge is 2.35. The molecule has 0 aliphatic carbocycles. The third-order valence-electron chi connectivity index (χ3n) is 3.41. The number of halogens is 5. The van der Waals surface area contributed by atoms with Crippen molar-refractivity contribution in [3.05, 3.63) is 35.9 Å². The Labute approximate surface area is 113 Å². The Morgan fingerprint density at radius 2 is 1.75 bits per heavy atom. The first-order valence-corrected chi connectivity index (χ1v) is 6.19. The van der Waals surface area contributed by atoms with Crippen molar-refractivity contribution in [1.82, 2.24) is 0 Å². The average molecular weight is 291 g/mol. The lowest BCUT2D eigenvalue weighted by Crippen LogP contribution is -2.39. The Hall–Kier alpha value is -1.59. The second-order valence-electron chi connectivity index (χ2n) is 4.82. The van der Waals surface area contributed by atoms with Crippen molar-refractivity contribution < 1.29 is 22.0 Å². The minimum absolute atomic E-state index is 0.124. The minimum Gasteiger partial charge on any atom is -0.371 e. The van der Waals surface area contributed by atoms with Crippen LogP contribution in [0.4, 0.5) is 27.6 Å². The van der Waals surface area contributed by atoms with E-state index in [4.69, 9.17) is 0 Å². The smallest absolute Gasteiger partial charge is 0.371 e. The highest BCUT2D eigenvalue weighted by molar-refractivity contribution is 5.68. The van der Waals surface area contributed by atoms with Gasteiger partial charge in [0.15, 0.2) is 0 Å². The summed E-state index contributed by atoms with van der Waals surface area (Å²) in [5.74, 6) is -2.68. The predicted octanol–water partition coefficient (Wildman–Crippen LogP) is 4.58. The lowest BCUT2D eigenvalue weighted by molar-refractivity contribution is -0.137. The molecule has 20 heavy (non-hydrogen) atoms. The van der Waals surface area contributed by atoms with E-state index >= 15 is 0 Å². The first kappa shape index (κ1) is 14.8. The Kier molecular flexibility index (Phi) is 3.75. The molecule has 0 amide bonds. The minimum atomic E-state index is -4.43. The average Bonchev–Trinajstić information content (AvgIpc) is 2.37. The molecular weight excluding hydrogens is 277 g/mol. The van der Waals surface area contributed by atoms with Gasteiger partial charge in [-0.1, -0.05) is 12.7 Å². The van der Waals surface area contributed by atoms with Crippen LogP contribution in [0.5, 0.6) is 0 Å². The van der Waals surface area contributed by atoms with Gasteiger partial charge in [-0.05, 0) is 23.8 Å². The first-order valence-electron chi connectivity index (χ1n) is 6.19. The SMILES string of the molecule is C=Cc1cc(C(F)(F)F)ccc1N1CCC(F)(F)CC1. The number of anilines is 1. The second kappa shape index (κ2) is 5.07. The summed E-state index contributed by atoms with van der Waals surface area (Å²) in [5, 5.41) is 0. The first-order chi connectivity index (χ1) is 9.23. The molecule has 1 aliphatic rings. The molecule has 1 saturated heterocycles. The third-order valence-corrected chi connectivity index (χ3v) is 3.41. The Balaban J connectivity index is 2.27. The molecule has 1 heterocycles. The standard InChI is InChI=1S/C14H14F5N/c1-2-10-9-11(14(17,18)19)3-4-12(10)20-7-5-13(15,16)6-8-20/h2-4,9H,1,5-8H2. The van der Waals surface area contributed by atoms with Crippen molar-refractivity contribution in [2.45, 2.75) is 24.9 Å². The van der Waals surface area contributed by atoms with E-state index < -0.39 is 17.7 Å². The molecular formula is C14H14F5N. The molecule has 6 heteroatoms. The molecule has 0 saturated carbocycles. The Bertz CT molecular complexity index is 497. The van der Waals surface area contributed by atoms with Crippen LogP contribution < -0.4 is 4.90 Å². The molecule has 1 fully saturated rings. The highest BCUT2D eigenvalue weighted by Crippen LogP contribution is 2.36. The topological polar surface area (TPSA) is 3.24 Å². The van der Waals surface area contributed by atoms with Gasteiger partial charge >= 0.3 is 6.18 Å². The van der Waals surface area contributed by atoms with Gasteiger partial charge in [0.25, 0.3) is 5.92 Å². The Morgan fingerprint density at radius 3 is 2.25 bits per heavy atom. The van der Waals surface area contributed by atoms with Crippen molar-refractivity contribution in [3.63, 3.8) is 0 Å². The zero-order valence-corrected chi connectivity index (χ0v) is 10.7. The van der Waals surface area contributed by atoms with Gasteiger partial charge in [-0.2, -0.15) is 13.2 Å². The number of piperidine rings is 1. The van der Waals surface area contributed by atoms with E-state index in [2.05, 4.69) is 6.58 Å². The van der Waals surface area contributed by atoms with E-state index in [9.17, 15) is 22.0 Å². The van der Waals surface area contributed by atoms with Gasteiger partial charge in [-0.3, -0.25) is 0 Å². The lowest BCUT2D eigenvalue weighted by atomic mass is 10.0. The van der Waals surface area contributed by atoms with Gasteiger partial charge in [-0.15, -0.1) is 0 Å². The molecule has 0 atom stereocenters. The summed E-state index contributed by atoms with van der Waals surface area (Å²) in [6, 6.07) is 3.29. The van der Waals surface area contributed by atoms with Gasteiger partial charge in [0.1, 0.15) is 0 Å². The summed E-state index contributed by atoms with van der Waals surface area (Å²) in [5.41, 5.74) is 0.0621. The zero-order valence-electron chi connectivity index (χ0n) is 10.7. The van der Waals surface area contributed by atoms with Crippen molar-refractivity contribution in [3.8, 4) is 0 Å². The quantitative estimate of drug-likeness (QED) is 0.721. The summed E-state index contributed by atoms with van der Waals surface area (Å²) in [4.78, 5) is 1.68. The molecule has 0 bridgehead atoms. The fraction of sp³-hybridized carbons (Fsp3) is 0.429. The number of benzene rings is 1. The summed E-state index contributed by atoms with van der Waals surface area (Å²) in [7, 11) is 0. The van der Waals surface area contributed by atoms with Gasteiger partial charge in [0, 0.05) is 31.6 Å². The van der Waals surface area contributed by atoms with Gasteiger partial charge in [-0.25, -0.2) is 8.78 Å². The van der Waals surface area contributed by atoms with Gasteiger partial charge in [0.05, 0.1) is 5.56 Å². The van der Waals surface area contributed by atoms with E-state index in [1.165, 1.54) is 12.1 Å². The van der Waals surface area contributed by atoms with Crippen LogP contribution in [-0.2, 0) is 6.18 Å². The van der Waals surface area contributed by atoms with Crippen LogP contribution in [0.1, 0.15) is 24.0 Å². The van der Waals surface area contributed by atoms with Crippen LogP contribution in [0.25, 0.3) is 6.08 Å². The maximum absolute atomic E-state index is 13.1. The van der Waals surface area contributed by atoms with E-state index in [-0.39, 0.29) is 25.9 Å². The molecule has 1 nitrogen and oxygen atoms in total. The van der Waals surface area contributed by atoms with E-state index in [0.717, 1.165) is 12.1 Å². The van der Waals surface area contributed by atoms with Crippen LogP contribution in [0.3, 0.4) is 0 Å². The highest BCUT2D eigenvalue weighted by atomic mass is 19.4. The van der Waals surface area contributed by atoms with Crippen LogP contribution in [-0.4, -0.2) is 19.0 Å². The lowest BCUT2D eigenvalue weighted by Gasteiger charge is -2.34. The van der Waals surface area contributed by atoms with Crippen LogP contribution in [0.15, 0.2) is 24.8 Å². The monoisotopic (exact) mass is 291 g/mol. The molecule has 2 rings (SSSR count). The Morgan fingerprint density at radius 1 is 1.15 bits per heavy atom. The molecule has 1 aromatic rings. The molecule has 1 aromatic carbocycles. The van der Waals surface area contributed by atoms with Crippen molar-refractivity contribution >= 4 is 11.8 Å². The molecule has 1 aliphatic heterocycles. The van der Waals surface area contributed by atoms with Crippen LogP contribution >= 0.6 is 0 Å². The number of rotatable bonds is 2. The molecule has 110 valence electrons. The fourth-order valence-corrected chi connectivity index (χ4v) is 2.26. The summed E-state index contributed by atoms with van der Waals surface area (Å²) < 4.78 is 64.1. The van der Waals surface area contributed by atoms with Gasteiger partial charge in [0.2, 0.25) is 0 Å². The fourth-order valence-electron chi connectivity index (χ4n) is 2.26. The predicted molar refractivity (Wildman–Crippen MR) is 67.9 cm³/mol. The zero-order chi connectivity index (χ0) is 15.0. The maximum atomic E-state index is 13.1. The molecule has 0 spiro atoms. The van der Waals surface area contributed by atoms with Crippen LogP contribution in [0.2, 0.25) is 0 Å². The third kappa shape index (κ3) is 3.11. The van der Waals surface area contributed by atoms with Crippen molar-refractivity contribution in [2.24, 2.45) is 0 Å². The van der Waals surface area contributed by atoms with E-state index in [1.54, 1.807) is 4.90 Å². The summed E-state index contributed by atoms with van der Waals surface area (Å²) in [6.45, 7) is 3.74. The summed E-state index contributed by atoms with van der Waals surface area (Å²) >= 11 is 0. The van der Waals surface area contributed by atoms with E-state index in [1.807, 2.05) is 0 Å². The number of hydrogen-bond acceptors (Lipinski definition) is 1. The maximum Gasteiger partial charge on any atom is 0.416 e. The normalized spacial score (nSPS) is 18.9. The number of alkyl halides is 5. The summed E-state index contributed by atoms with van der Waals surface area (Å²) in [6.07, 6.45) is -3.68. The van der Waals surface area contributed by atoms with Crippen molar-refractivity contribution in [1.29, 1.82) is 0 Å².